The molecule has 0 spiro atoms. The Balaban J connectivity index is 3.54. The number of ether oxygens (including phenoxy) is 1. The zero-order valence-electron chi connectivity index (χ0n) is 6.78. The van der Waals surface area contributed by atoms with Crippen molar-refractivity contribution in [1.82, 2.24) is 0 Å². The SMILES string of the molecule is CCOC(C)CCS(=O)(=O)O. The summed E-state index contributed by atoms with van der Waals surface area (Å²) >= 11 is 0. The van der Waals surface area contributed by atoms with Gasteiger partial charge in [-0.3, -0.25) is 4.55 Å². The molecule has 5 heteroatoms. The quantitative estimate of drug-likeness (QED) is 0.635. The molecular weight excluding hydrogens is 168 g/mol. The fraction of sp³-hybridized carbons (Fsp3) is 1.00. The van der Waals surface area contributed by atoms with E-state index in [4.69, 9.17) is 9.29 Å². The zero-order chi connectivity index (χ0) is 8.91. The highest BCUT2D eigenvalue weighted by Crippen LogP contribution is 1.99. The third-order valence-electron chi connectivity index (χ3n) is 1.23. The largest absolute Gasteiger partial charge is 0.379 e. The average molecular weight is 182 g/mol. The summed E-state index contributed by atoms with van der Waals surface area (Å²) in [6.07, 6.45) is 0.231. The third-order valence-corrected chi connectivity index (χ3v) is 1.99. The molecule has 0 fully saturated rings. The molecule has 1 N–H and O–H groups in total. The number of rotatable bonds is 5. The van der Waals surface area contributed by atoms with Crippen LogP contribution in [0.3, 0.4) is 0 Å². The standard InChI is InChI=1S/C6H14O4S/c1-3-10-6(2)4-5-11(7,8)9/h6H,3-5H2,1-2H3,(H,7,8,9). The van der Waals surface area contributed by atoms with E-state index in [1.165, 1.54) is 0 Å². The van der Waals surface area contributed by atoms with Gasteiger partial charge in [0.15, 0.2) is 0 Å². The minimum atomic E-state index is -3.82. The van der Waals surface area contributed by atoms with E-state index < -0.39 is 10.1 Å². The second kappa shape index (κ2) is 4.69. The van der Waals surface area contributed by atoms with Crippen LogP contribution in [0.4, 0.5) is 0 Å². The van der Waals surface area contributed by atoms with Gasteiger partial charge >= 0.3 is 0 Å². The van der Waals surface area contributed by atoms with Crippen LogP contribution in [0, 0.1) is 0 Å². The topological polar surface area (TPSA) is 63.6 Å². The summed E-state index contributed by atoms with van der Waals surface area (Å²) in [6, 6.07) is 0. The molecule has 0 aliphatic heterocycles. The van der Waals surface area contributed by atoms with Gasteiger partial charge in [-0.25, -0.2) is 0 Å². The lowest BCUT2D eigenvalue weighted by Gasteiger charge is -2.08. The maximum Gasteiger partial charge on any atom is 0.264 e. The maximum atomic E-state index is 10.2. The summed E-state index contributed by atoms with van der Waals surface area (Å²) < 4.78 is 33.9. The minimum Gasteiger partial charge on any atom is -0.379 e. The Morgan fingerprint density at radius 1 is 1.55 bits per heavy atom. The van der Waals surface area contributed by atoms with E-state index in [2.05, 4.69) is 0 Å². The van der Waals surface area contributed by atoms with E-state index in [0.29, 0.717) is 13.0 Å². The van der Waals surface area contributed by atoms with Crippen LogP contribution in [0.15, 0.2) is 0 Å². The van der Waals surface area contributed by atoms with Crippen molar-refractivity contribution in [3.05, 3.63) is 0 Å². The van der Waals surface area contributed by atoms with Gasteiger partial charge in [0.05, 0.1) is 11.9 Å². The van der Waals surface area contributed by atoms with Crippen molar-refractivity contribution in [2.24, 2.45) is 0 Å². The van der Waals surface area contributed by atoms with Crippen molar-refractivity contribution in [3.8, 4) is 0 Å². The molecule has 1 unspecified atom stereocenters. The summed E-state index contributed by atoms with van der Waals surface area (Å²) in [5, 5.41) is 0. The van der Waals surface area contributed by atoms with E-state index in [1.807, 2.05) is 6.92 Å². The van der Waals surface area contributed by atoms with Crippen LogP contribution in [-0.4, -0.2) is 31.4 Å². The monoisotopic (exact) mass is 182 g/mol. The lowest BCUT2D eigenvalue weighted by atomic mass is 10.3. The van der Waals surface area contributed by atoms with Crippen molar-refractivity contribution >= 4 is 10.1 Å². The van der Waals surface area contributed by atoms with Crippen molar-refractivity contribution in [1.29, 1.82) is 0 Å². The van der Waals surface area contributed by atoms with Gasteiger partial charge in [-0.15, -0.1) is 0 Å². The number of hydrogen-bond donors (Lipinski definition) is 1. The second-order valence-corrected chi connectivity index (χ2v) is 3.91. The molecule has 4 nitrogen and oxygen atoms in total. The lowest BCUT2D eigenvalue weighted by Crippen LogP contribution is -2.14. The van der Waals surface area contributed by atoms with Crippen molar-refractivity contribution < 1.29 is 17.7 Å². The zero-order valence-corrected chi connectivity index (χ0v) is 7.60. The predicted molar refractivity (Wildman–Crippen MR) is 42.1 cm³/mol. The summed E-state index contributed by atoms with van der Waals surface area (Å²) in [5.74, 6) is -0.228. The van der Waals surface area contributed by atoms with E-state index >= 15 is 0 Å². The van der Waals surface area contributed by atoms with Crippen LogP contribution in [0.1, 0.15) is 20.3 Å². The molecule has 0 aromatic carbocycles. The Morgan fingerprint density at radius 2 is 2.09 bits per heavy atom. The van der Waals surface area contributed by atoms with Crippen LogP contribution in [-0.2, 0) is 14.9 Å². The Hall–Kier alpha value is -0.130. The molecule has 68 valence electrons. The lowest BCUT2D eigenvalue weighted by molar-refractivity contribution is 0.0741. The Labute approximate surface area is 67.3 Å². The summed E-state index contributed by atoms with van der Waals surface area (Å²) in [6.45, 7) is 4.17. The van der Waals surface area contributed by atoms with Crippen LogP contribution in [0.2, 0.25) is 0 Å². The Morgan fingerprint density at radius 3 is 2.45 bits per heavy atom. The van der Waals surface area contributed by atoms with Gasteiger partial charge in [0.1, 0.15) is 0 Å². The van der Waals surface area contributed by atoms with Crippen LogP contribution in [0.25, 0.3) is 0 Å². The molecule has 0 saturated carbocycles. The average Bonchev–Trinajstić information content (AvgIpc) is 1.83. The van der Waals surface area contributed by atoms with Gasteiger partial charge in [0.25, 0.3) is 10.1 Å². The first kappa shape index (κ1) is 10.9. The Bertz CT molecular complexity index is 185. The van der Waals surface area contributed by atoms with Gasteiger partial charge < -0.3 is 4.74 Å². The van der Waals surface area contributed by atoms with E-state index in [-0.39, 0.29) is 11.9 Å². The van der Waals surface area contributed by atoms with Crippen LogP contribution >= 0.6 is 0 Å². The van der Waals surface area contributed by atoms with Gasteiger partial charge in [-0.2, -0.15) is 8.42 Å². The molecular formula is C6H14O4S. The molecule has 0 rings (SSSR count). The molecule has 0 aromatic rings. The van der Waals surface area contributed by atoms with Gasteiger partial charge in [0, 0.05) is 6.61 Å². The fourth-order valence-corrected chi connectivity index (χ4v) is 1.31. The van der Waals surface area contributed by atoms with E-state index in [9.17, 15) is 8.42 Å². The fourth-order valence-electron chi connectivity index (χ4n) is 0.683. The van der Waals surface area contributed by atoms with Crippen molar-refractivity contribution in [2.75, 3.05) is 12.4 Å². The highest BCUT2D eigenvalue weighted by molar-refractivity contribution is 7.85. The smallest absolute Gasteiger partial charge is 0.264 e. The maximum absolute atomic E-state index is 10.2. The molecule has 1 atom stereocenters. The third kappa shape index (κ3) is 7.77. The normalized spacial score (nSPS) is 14.8. The first-order chi connectivity index (χ1) is 4.95. The summed E-state index contributed by atoms with van der Waals surface area (Å²) in [7, 11) is -3.82. The molecule has 0 radical (unpaired) electrons. The first-order valence-corrected chi connectivity index (χ1v) is 5.13. The molecule has 0 bridgehead atoms. The second-order valence-electron chi connectivity index (χ2n) is 2.34. The molecule has 0 amide bonds. The Kier molecular flexibility index (Phi) is 4.63. The van der Waals surface area contributed by atoms with Gasteiger partial charge in [0.2, 0.25) is 0 Å². The van der Waals surface area contributed by atoms with Crippen LogP contribution in [0.5, 0.6) is 0 Å². The van der Waals surface area contributed by atoms with E-state index in [0.717, 1.165) is 0 Å². The molecule has 0 aliphatic rings. The predicted octanol–water partition coefficient (Wildman–Crippen LogP) is 0.689. The summed E-state index contributed by atoms with van der Waals surface area (Å²) in [4.78, 5) is 0. The molecule has 0 saturated heterocycles. The highest BCUT2D eigenvalue weighted by Gasteiger charge is 2.08. The molecule has 11 heavy (non-hydrogen) atoms. The van der Waals surface area contributed by atoms with Crippen LogP contribution < -0.4 is 0 Å². The molecule has 0 aliphatic carbocycles. The first-order valence-electron chi connectivity index (χ1n) is 3.52. The number of hydrogen-bond acceptors (Lipinski definition) is 3. The minimum absolute atomic E-state index is 0.109. The van der Waals surface area contributed by atoms with Crippen molar-refractivity contribution in [2.45, 2.75) is 26.4 Å². The van der Waals surface area contributed by atoms with E-state index in [1.54, 1.807) is 6.92 Å². The molecule has 0 aromatic heterocycles. The van der Waals surface area contributed by atoms with Crippen molar-refractivity contribution in [3.63, 3.8) is 0 Å². The molecule has 0 heterocycles. The van der Waals surface area contributed by atoms with Gasteiger partial charge in [-0.1, -0.05) is 0 Å². The highest BCUT2D eigenvalue weighted by atomic mass is 32.2. The summed E-state index contributed by atoms with van der Waals surface area (Å²) in [5.41, 5.74) is 0. The van der Waals surface area contributed by atoms with Gasteiger partial charge in [-0.05, 0) is 20.3 Å².